The van der Waals surface area contributed by atoms with Crippen molar-refractivity contribution in [2.24, 2.45) is 0 Å². The summed E-state index contributed by atoms with van der Waals surface area (Å²) in [6.45, 7) is 9.01. The van der Waals surface area contributed by atoms with Gasteiger partial charge < -0.3 is 10.2 Å². The molecule has 1 unspecified atom stereocenters. The molecule has 0 aliphatic carbocycles. The van der Waals surface area contributed by atoms with Gasteiger partial charge >= 0.3 is 0 Å². The Hall–Kier alpha value is -1.09. The van der Waals surface area contributed by atoms with Gasteiger partial charge in [-0.15, -0.1) is 0 Å². The minimum absolute atomic E-state index is 0.133. The second kappa shape index (κ2) is 8.09. The Labute approximate surface area is 110 Å². The first-order valence-electron chi connectivity index (χ1n) is 6.95. The summed E-state index contributed by atoms with van der Waals surface area (Å²) in [4.78, 5) is 2.11. The summed E-state index contributed by atoms with van der Waals surface area (Å²) < 4.78 is 13.8. The van der Waals surface area contributed by atoms with Crippen molar-refractivity contribution in [1.82, 2.24) is 5.32 Å². The zero-order chi connectivity index (χ0) is 13.4. The molecule has 0 spiro atoms. The molecule has 0 bridgehead atoms. The van der Waals surface area contributed by atoms with Crippen LogP contribution in [0.15, 0.2) is 24.3 Å². The van der Waals surface area contributed by atoms with E-state index in [1.165, 1.54) is 6.07 Å². The van der Waals surface area contributed by atoms with E-state index in [4.69, 9.17) is 0 Å². The van der Waals surface area contributed by atoms with Crippen molar-refractivity contribution in [2.75, 3.05) is 24.5 Å². The standard InChI is InChI=1S/C15H25FN2/c1-4-9-13(17-5-2)12-18(6-3)15-11-8-7-10-14(15)16/h7-8,10-11,13,17H,4-6,9,12H2,1-3H3. The zero-order valence-corrected chi connectivity index (χ0v) is 11.7. The molecule has 0 fully saturated rings. The number of benzene rings is 1. The predicted octanol–water partition coefficient (Wildman–Crippen LogP) is 3.43. The third-order valence-electron chi connectivity index (χ3n) is 3.15. The van der Waals surface area contributed by atoms with Crippen molar-refractivity contribution in [1.29, 1.82) is 0 Å². The number of halogens is 1. The third-order valence-corrected chi connectivity index (χ3v) is 3.15. The second-order valence-corrected chi connectivity index (χ2v) is 4.53. The molecule has 0 saturated heterocycles. The summed E-state index contributed by atoms with van der Waals surface area (Å²) in [5.41, 5.74) is 0.707. The first-order valence-corrected chi connectivity index (χ1v) is 6.95. The van der Waals surface area contributed by atoms with E-state index in [-0.39, 0.29) is 5.82 Å². The predicted molar refractivity (Wildman–Crippen MR) is 76.7 cm³/mol. The van der Waals surface area contributed by atoms with Crippen LogP contribution in [0.2, 0.25) is 0 Å². The van der Waals surface area contributed by atoms with Crippen molar-refractivity contribution in [3.63, 3.8) is 0 Å². The molecule has 2 nitrogen and oxygen atoms in total. The van der Waals surface area contributed by atoms with Crippen LogP contribution in [-0.2, 0) is 0 Å². The summed E-state index contributed by atoms with van der Waals surface area (Å²) in [5, 5.41) is 3.47. The van der Waals surface area contributed by atoms with Gasteiger partial charge in [-0.2, -0.15) is 0 Å². The Bertz CT molecular complexity index is 335. The second-order valence-electron chi connectivity index (χ2n) is 4.53. The van der Waals surface area contributed by atoms with E-state index in [2.05, 4.69) is 31.0 Å². The number of nitrogens with zero attached hydrogens (tertiary/aromatic N) is 1. The summed E-state index contributed by atoms with van der Waals surface area (Å²) >= 11 is 0. The molecule has 1 aromatic carbocycles. The van der Waals surface area contributed by atoms with Gasteiger partial charge in [0, 0.05) is 19.1 Å². The highest BCUT2D eigenvalue weighted by Crippen LogP contribution is 2.19. The minimum atomic E-state index is -0.133. The number of likely N-dealkylation sites (N-methyl/N-ethyl adjacent to an activating group) is 2. The molecule has 0 aliphatic heterocycles. The first-order chi connectivity index (χ1) is 8.72. The molecule has 3 heteroatoms. The first kappa shape index (κ1) is 15.0. The van der Waals surface area contributed by atoms with Crippen molar-refractivity contribution < 1.29 is 4.39 Å². The van der Waals surface area contributed by atoms with E-state index >= 15 is 0 Å². The molecular formula is C15H25FN2. The fourth-order valence-corrected chi connectivity index (χ4v) is 2.27. The van der Waals surface area contributed by atoms with Gasteiger partial charge in [0.25, 0.3) is 0 Å². The monoisotopic (exact) mass is 252 g/mol. The molecule has 102 valence electrons. The lowest BCUT2D eigenvalue weighted by atomic mass is 10.1. The number of hydrogen-bond donors (Lipinski definition) is 1. The van der Waals surface area contributed by atoms with E-state index in [0.29, 0.717) is 11.7 Å². The Morgan fingerprint density at radius 1 is 1.22 bits per heavy atom. The van der Waals surface area contributed by atoms with E-state index in [0.717, 1.165) is 32.5 Å². The molecule has 18 heavy (non-hydrogen) atoms. The van der Waals surface area contributed by atoms with Crippen LogP contribution in [-0.4, -0.2) is 25.7 Å². The van der Waals surface area contributed by atoms with Crippen molar-refractivity contribution in [3.8, 4) is 0 Å². The smallest absolute Gasteiger partial charge is 0.146 e. The molecule has 1 aromatic rings. The average molecular weight is 252 g/mol. The third kappa shape index (κ3) is 4.30. The number of rotatable bonds is 8. The van der Waals surface area contributed by atoms with Gasteiger partial charge in [0.1, 0.15) is 5.82 Å². The van der Waals surface area contributed by atoms with Gasteiger partial charge in [-0.05, 0) is 32.0 Å². The molecule has 0 aliphatic rings. The summed E-state index contributed by atoms with van der Waals surface area (Å²) in [7, 11) is 0. The van der Waals surface area contributed by atoms with Gasteiger partial charge in [0.2, 0.25) is 0 Å². The molecule has 0 heterocycles. The maximum Gasteiger partial charge on any atom is 0.146 e. The van der Waals surface area contributed by atoms with Gasteiger partial charge in [-0.1, -0.05) is 32.4 Å². The van der Waals surface area contributed by atoms with Gasteiger partial charge in [0.15, 0.2) is 0 Å². The lowest BCUT2D eigenvalue weighted by molar-refractivity contribution is 0.479. The Balaban J connectivity index is 2.73. The maximum atomic E-state index is 13.8. The molecule has 1 rings (SSSR count). The van der Waals surface area contributed by atoms with Crippen molar-refractivity contribution in [3.05, 3.63) is 30.1 Å². The molecule has 1 N–H and O–H groups in total. The quantitative estimate of drug-likeness (QED) is 0.762. The molecule has 0 saturated carbocycles. The minimum Gasteiger partial charge on any atom is -0.368 e. The molecule has 1 atom stereocenters. The van der Waals surface area contributed by atoms with Crippen LogP contribution >= 0.6 is 0 Å². The Kier molecular flexibility index (Phi) is 6.73. The van der Waals surface area contributed by atoms with Gasteiger partial charge in [-0.25, -0.2) is 4.39 Å². The lowest BCUT2D eigenvalue weighted by Crippen LogP contribution is -2.41. The summed E-state index contributed by atoms with van der Waals surface area (Å²) in [6.07, 6.45) is 2.27. The normalized spacial score (nSPS) is 12.4. The van der Waals surface area contributed by atoms with Crippen LogP contribution in [0.1, 0.15) is 33.6 Å². The molecule has 0 radical (unpaired) electrons. The number of nitrogens with one attached hydrogen (secondary N) is 1. The number of anilines is 1. The SMILES string of the molecule is CCCC(CN(CC)c1ccccc1F)NCC. The molecule has 0 aromatic heterocycles. The number of hydrogen-bond acceptors (Lipinski definition) is 2. The van der Waals surface area contributed by atoms with Gasteiger partial charge in [0.05, 0.1) is 5.69 Å². The summed E-state index contributed by atoms with van der Waals surface area (Å²) in [6, 6.07) is 7.44. The van der Waals surface area contributed by atoms with Crippen LogP contribution in [0.5, 0.6) is 0 Å². The average Bonchev–Trinajstić information content (AvgIpc) is 2.37. The van der Waals surface area contributed by atoms with Crippen LogP contribution in [0, 0.1) is 5.82 Å². The van der Waals surface area contributed by atoms with Crippen LogP contribution < -0.4 is 10.2 Å². The van der Waals surface area contributed by atoms with E-state index in [9.17, 15) is 4.39 Å². The topological polar surface area (TPSA) is 15.3 Å². The van der Waals surface area contributed by atoms with Crippen LogP contribution in [0.3, 0.4) is 0 Å². The highest BCUT2D eigenvalue weighted by atomic mass is 19.1. The van der Waals surface area contributed by atoms with E-state index < -0.39 is 0 Å². The van der Waals surface area contributed by atoms with E-state index in [1.54, 1.807) is 6.07 Å². The Morgan fingerprint density at radius 3 is 2.50 bits per heavy atom. The van der Waals surface area contributed by atoms with Crippen molar-refractivity contribution >= 4 is 5.69 Å². The van der Waals surface area contributed by atoms with Crippen LogP contribution in [0.4, 0.5) is 10.1 Å². The maximum absolute atomic E-state index is 13.8. The van der Waals surface area contributed by atoms with E-state index in [1.807, 2.05) is 12.1 Å². The fraction of sp³-hybridized carbons (Fsp3) is 0.600. The summed E-state index contributed by atoms with van der Waals surface area (Å²) in [5.74, 6) is -0.133. The highest BCUT2D eigenvalue weighted by molar-refractivity contribution is 5.47. The van der Waals surface area contributed by atoms with Crippen LogP contribution in [0.25, 0.3) is 0 Å². The lowest BCUT2D eigenvalue weighted by Gasteiger charge is -2.29. The van der Waals surface area contributed by atoms with Crippen molar-refractivity contribution in [2.45, 2.75) is 39.7 Å². The zero-order valence-electron chi connectivity index (χ0n) is 11.7. The Morgan fingerprint density at radius 2 is 1.94 bits per heavy atom. The highest BCUT2D eigenvalue weighted by Gasteiger charge is 2.14. The fourth-order valence-electron chi connectivity index (χ4n) is 2.27. The van der Waals surface area contributed by atoms with Gasteiger partial charge in [-0.3, -0.25) is 0 Å². The number of para-hydroxylation sites is 1. The largest absolute Gasteiger partial charge is 0.368 e. The molecular weight excluding hydrogens is 227 g/mol. The molecule has 0 amide bonds.